The molecule has 1 aromatic rings. The van der Waals surface area contributed by atoms with Gasteiger partial charge in [-0.05, 0) is 31.4 Å². The molecule has 1 rings (SSSR count). The molecule has 0 heterocycles. The normalized spacial score (nSPS) is 10.3. The van der Waals surface area contributed by atoms with E-state index in [1.807, 2.05) is 0 Å². The van der Waals surface area contributed by atoms with Crippen molar-refractivity contribution in [2.24, 2.45) is 0 Å². The second-order valence-corrected chi connectivity index (χ2v) is 3.83. The maximum Gasteiger partial charge on any atom is 0.0342 e. The summed E-state index contributed by atoms with van der Waals surface area (Å²) in [6.07, 6.45) is 1.09. The Labute approximate surface area is 86.8 Å². The second-order valence-electron chi connectivity index (χ2n) is 3.83. The zero-order valence-corrected chi connectivity index (χ0v) is 9.30. The van der Waals surface area contributed by atoms with Crippen LogP contribution >= 0.6 is 0 Å². The van der Waals surface area contributed by atoms with Gasteiger partial charge in [-0.15, -0.1) is 0 Å². The molecule has 0 amide bonds. The Morgan fingerprint density at radius 3 is 2.29 bits per heavy atom. The predicted molar refractivity (Wildman–Crippen MR) is 63.1 cm³/mol. The van der Waals surface area contributed by atoms with Gasteiger partial charge in [0.25, 0.3) is 0 Å². The summed E-state index contributed by atoms with van der Waals surface area (Å²) in [6.45, 7) is 10.4. The van der Waals surface area contributed by atoms with E-state index in [0.29, 0.717) is 6.04 Å². The van der Waals surface area contributed by atoms with E-state index in [1.54, 1.807) is 0 Å². The van der Waals surface area contributed by atoms with Crippen molar-refractivity contribution in [3.63, 3.8) is 0 Å². The van der Waals surface area contributed by atoms with Gasteiger partial charge in [-0.2, -0.15) is 0 Å². The molecule has 0 unspecified atom stereocenters. The molecule has 14 heavy (non-hydrogen) atoms. The predicted octanol–water partition coefficient (Wildman–Crippen LogP) is 3.22. The monoisotopic (exact) mass is 189 g/mol. The topological polar surface area (TPSA) is 12.0 Å². The fraction of sp³-hybridized carbons (Fsp3) is 0.385. The second kappa shape index (κ2) is 4.85. The number of nitrogens with one attached hydrogen (secondary N) is 1. The summed E-state index contributed by atoms with van der Waals surface area (Å²) in [5.74, 6) is 0. The van der Waals surface area contributed by atoms with Crippen molar-refractivity contribution in [1.82, 2.24) is 5.32 Å². The molecule has 76 valence electrons. The van der Waals surface area contributed by atoms with Crippen LogP contribution in [-0.4, -0.2) is 6.04 Å². The van der Waals surface area contributed by atoms with E-state index in [0.717, 1.165) is 12.1 Å². The first kappa shape index (κ1) is 10.8. The van der Waals surface area contributed by atoms with Crippen LogP contribution in [0.2, 0.25) is 0 Å². The minimum Gasteiger partial charge on any atom is -0.383 e. The molecule has 0 atom stereocenters. The molecule has 0 aromatic heterocycles. The largest absolute Gasteiger partial charge is 0.383 e. The summed E-state index contributed by atoms with van der Waals surface area (Å²) in [5.41, 5.74) is 3.55. The number of hydrogen-bond donors (Lipinski definition) is 1. The van der Waals surface area contributed by atoms with E-state index in [-0.39, 0.29) is 0 Å². The Morgan fingerprint density at radius 1 is 1.29 bits per heavy atom. The first-order valence-corrected chi connectivity index (χ1v) is 5.18. The quantitative estimate of drug-likeness (QED) is 0.767. The van der Waals surface area contributed by atoms with Crippen molar-refractivity contribution < 1.29 is 0 Å². The van der Waals surface area contributed by atoms with Crippen molar-refractivity contribution in [2.45, 2.75) is 33.2 Å². The summed E-state index contributed by atoms with van der Waals surface area (Å²) in [4.78, 5) is 0. The van der Waals surface area contributed by atoms with Crippen LogP contribution in [0.4, 0.5) is 0 Å². The minimum absolute atomic E-state index is 0.438. The van der Waals surface area contributed by atoms with Gasteiger partial charge in [0.1, 0.15) is 0 Å². The van der Waals surface area contributed by atoms with Crippen LogP contribution in [-0.2, 0) is 6.42 Å². The van der Waals surface area contributed by atoms with Crippen molar-refractivity contribution in [3.05, 3.63) is 42.0 Å². The Kier molecular flexibility index (Phi) is 3.75. The van der Waals surface area contributed by atoms with Crippen LogP contribution in [0.5, 0.6) is 0 Å². The molecule has 0 saturated heterocycles. The Hall–Kier alpha value is -1.24. The standard InChI is InChI=1S/C13H19N/c1-5-12-6-8-13(9-7-12)11(4)14-10(2)3/h6-10,14H,4-5H2,1-3H3. The molecule has 1 nitrogen and oxygen atoms in total. The van der Waals surface area contributed by atoms with E-state index < -0.39 is 0 Å². The van der Waals surface area contributed by atoms with E-state index >= 15 is 0 Å². The maximum absolute atomic E-state index is 4.01. The highest BCUT2D eigenvalue weighted by Crippen LogP contribution is 2.11. The molecule has 0 bridgehead atoms. The first-order valence-electron chi connectivity index (χ1n) is 5.18. The highest BCUT2D eigenvalue weighted by Gasteiger charge is 1.99. The van der Waals surface area contributed by atoms with Gasteiger partial charge < -0.3 is 5.32 Å². The van der Waals surface area contributed by atoms with Gasteiger partial charge in [-0.25, -0.2) is 0 Å². The Bertz CT molecular complexity index is 296. The Morgan fingerprint density at radius 2 is 1.86 bits per heavy atom. The molecule has 1 heteroatoms. The van der Waals surface area contributed by atoms with Gasteiger partial charge in [-0.1, -0.05) is 37.8 Å². The van der Waals surface area contributed by atoms with Gasteiger partial charge in [0.2, 0.25) is 0 Å². The zero-order chi connectivity index (χ0) is 10.6. The van der Waals surface area contributed by atoms with E-state index in [9.17, 15) is 0 Å². The highest BCUT2D eigenvalue weighted by atomic mass is 14.9. The highest BCUT2D eigenvalue weighted by molar-refractivity contribution is 5.61. The maximum atomic E-state index is 4.01. The molecule has 0 radical (unpaired) electrons. The number of rotatable bonds is 4. The SMILES string of the molecule is C=C(NC(C)C)c1ccc(CC)cc1. The average molecular weight is 189 g/mol. The van der Waals surface area contributed by atoms with Gasteiger partial charge >= 0.3 is 0 Å². The van der Waals surface area contributed by atoms with Crippen molar-refractivity contribution in [2.75, 3.05) is 0 Å². The summed E-state index contributed by atoms with van der Waals surface area (Å²) in [7, 11) is 0. The van der Waals surface area contributed by atoms with Gasteiger partial charge in [0.05, 0.1) is 0 Å². The van der Waals surface area contributed by atoms with Crippen LogP contribution in [0, 0.1) is 0 Å². The third kappa shape index (κ3) is 2.91. The van der Waals surface area contributed by atoms with Crippen LogP contribution in [0.1, 0.15) is 31.9 Å². The van der Waals surface area contributed by atoms with Crippen molar-refractivity contribution in [3.8, 4) is 0 Å². The number of aryl methyl sites for hydroxylation is 1. The lowest BCUT2D eigenvalue weighted by Gasteiger charge is -2.13. The summed E-state index contributed by atoms with van der Waals surface area (Å²) >= 11 is 0. The molecule has 0 aliphatic carbocycles. The van der Waals surface area contributed by atoms with Crippen molar-refractivity contribution >= 4 is 5.70 Å². The van der Waals surface area contributed by atoms with Crippen LogP contribution in [0.25, 0.3) is 5.70 Å². The summed E-state index contributed by atoms with van der Waals surface area (Å²) in [5, 5.41) is 3.30. The minimum atomic E-state index is 0.438. The van der Waals surface area contributed by atoms with Crippen LogP contribution < -0.4 is 5.32 Å². The van der Waals surface area contributed by atoms with Crippen molar-refractivity contribution in [1.29, 1.82) is 0 Å². The molecule has 1 N–H and O–H groups in total. The zero-order valence-electron chi connectivity index (χ0n) is 9.30. The molecular formula is C13H19N. The molecule has 0 aliphatic heterocycles. The fourth-order valence-electron chi connectivity index (χ4n) is 1.37. The molecular weight excluding hydrogens is 170 g/mol. The third-order valence-electron chi connectivity index (χ3n) is 2.17. The number of hydrogen-bond acceptors (Lipinski definition) is 1. The molecule has 0 aliphatic rings. The molecule has 1 aromatic carbocycles. The lowest BCUT2D eigenvalue weighted by Crippen LogP contribution is -2.20. The lowest BCUT2D eigenvalue weighted by molar-refractivity contribution is 0.718. The first-order chi connectivity index (χ1) is 6.63. The van der Waals surface area contributed by atoms with Crippen LogP contribution in [0.3, 0.4) is 0 Å². The van der Waals surface area contributed by atoms with E-state index in [2.05, 4.69) is 56.9 Å². The molecule has 0 fully saturated rings. The summed E-state index contributed by atoms with van der Waals surface area (Å²) < 4.78 is 0. The average Bonchev–Trinajstić information content (AvgIpc) is 2.17. The van der Waals surface area contributed by atoms with Gasteiger partial charge in [-0.3, -0.25) is 0 Å². The van der Waals surface area contributed by atoms with E-state index in [1.165, 1.54) is 11.1 Å². The Balaban J connectivity index is 2.71. The summed E-state index contributed by atoms with van der Waals surface area (Å²) in [6, 6.07) is 8.99. The molecule has 0 spiro atoms. The van der Waals surface area contributed by atoms with Crippen LogP contribution in [0.15, 0.2) is 30.8 Å². The third-order valence-corrected chi connectivity index (χ3v) is 2.17. The van der Waals surface area contributed by atoms with E-state index in [4.69, 9.17) is 0 Å². The smallest absolute Gasteiger partial charge is 0.0342 e. The fourth-order valence-corrected chi connectivity index (χ4v) is 1.37. The molecule has 0 saturated carbocycles. The number of benzene rings is 1. The lowest BCUT2D eigenvalue weighted by atomic mass is 10.1. The van der Waals surface area contributed by atoms with Gasteiger partial charge in [0, 0.05) is 11.7 Å². The van der Waals surface area contributed by atoms with Gasteiger partial charge in [0.15, 0.2) is 0 Å².